The lowest BCUT2D eigenvalue weighted by atomic mass is 10.1. The molecule has 112 valence electrons. The van der Waals surface area contributed by atoms with Crippen LogP contribution < -0.4 is 4.72 Å². The molecule has 0 heterocycles. The third-order valence-electron chi connectivity index (χ3n) is 2.95. The van der Waals surface area contributed by atoms with Gasteiger partial charge in [0.1, 0.15) is 0 Å². The van der Waals surface area contributed by atoms with Crippen molar-refractivity contribution in [3.05, 3.63) is 57.5 Å². The molecule has 0 unspecified atom stereocenters. The monoisotopic (exact) mass is 387 g/mol. The van der Waals surface area contributed by atoms with E-state index in [0.29, 0.717) is 10.7 Å². The first-order chi connectivity index (χ1) is 9.92. The molecule has 0 aliphatic heterocycles. The molecule has 0 aromatic heterocycles. The van der Waals surface area contributed by atoms with E-state index in [1.807, 2.05) is 12.1 Å². The summed E-state index contributed by atoms with van der Waals surface area (Å²) in [6.45, 7) is 2.08. The van der Waals surface area contributed by atoms with Crippen LogP contribution in [0.1, 0.15) is 18.9 Å². The molecule has 0 atom stereocenters. The number of nitrogens with one attached hydrogen (secondary N) is 1. The highest BCUT2D eigenvalue weighted by molar-refractivity contribution is 9.10. The standard InChI is InChI=1S/C15H15BrClNO2S/c1-2-3-11-4-7-13(8-5-11)21(19,20)18-15-10-12(16)6-9-14(15)17/h4-10,18H,2-3H2,1H3. The van der Waals surface area contributed by atoms with Crippen molar-refractivity contribution in [2.45, 2.75) is 24.7 Å². The van der Waals surface area contributed by atoms with Gasteiger partial charge in [-0.1, -0.05) is 53.0 Å². The molecule has 0 amide bonds. The molecule has 0 fully saturated rings. The average Bonchev–Trinajstić information content (AvgIpc) is 2.44. The van der Waals surface area contributed by atoms with E-state index in [0.717, 1.165) is 22.9 Å². The largest absolute Gasteiger partial charge is 0.278 e. The number of hydrogen-bond donors (Lipinski definition) is 1. The van der Waals surface area contributed by atoms with Crippen LogP contribution in [0.5, 0.6) is 0 Å². The molecule has 0 bridgehead atoms. The second-order valence-electron chi connectivity index (χ2n) is 4.62. The van der Waals surface area contributed by atoms with Crippen molar-refractivity contribution < 1.29 is 8.42 Å². The Labute approximate surface area is 138 Å². The highest BCUT2D eigenvalue weighted by atomic mass is 79.9. The zero-order valence-corrected chi connectivity index (χ0v) is 14.6. The van der Waals surface area contributed by atoms with E-state index in [9.17, 15) is 8.42 Å². The topological polar surface area (TPSA) is 46.2 Å². The van der Waals surface area contributed by atoms with Gasteiger partial charge in [0.05, 0.1) is 15.6 Å². The van der Waals surface area contributed by atoms with Gasteiger partial charge in [0.15, 0.2) is 0 Å². The quantitative estimate of drug-likeness (QED) is 0.795. The van der Waals surface area contributed by atoms with E-state index in [4.69, 9.17) is 11.6 Å². The van der Waals surface area contributed by atoms with E-state index in [2.05, 4.69) is 27.6 Å². The minimum Gasteiger partial charge on any atom is -0.278 e. The number of sulfonamides is 1. The minimum absolute atomic E-state index is 0.221. The van der Waals surface area contributed by atoms with E-state index in [1.165, 1.54) is 0 Å². The maximum atomic E-state index is 12.3. The Morgan fingerprint density at radius 2 is 1.81 bits per heavy atom. The van der Waals surface area contributed by atoms with Crippen molar-refractivity contribution in [3.8, 4) is 0 Å². The van der Waals surface area contributed by atoms with Crippen LogP contribution in [0.25, 0.3) is 0 Å². The fourth-order valence-corrected chi connectivity index (χ4v) is 3.56. The van der Waals surface area contributed by atoms with E-state index in [-0.39, 0.29) is 4.90 Å². The fraction of sp³-hybridized carbons (Fsp3) is 0.200. The summed E-state index contributed by atoms with van der Waals surface area (Å²) in [5.74, 6) is 0. The van der Waals surface area contributed by atoms with Gasteiger partial charge >= 0.3 is 0 Å². The molecule has 2 aromatic rings. The summed E-state index contributed by atoms with van der Waals surface area (Å²) < 4.78 is 28.0. The van der Waals surface area contributed by atoms with Crippen molar-refractivity contribution in [2.24, 2.45) is 0 Å². The van der Waals surface area contributed by atoms with Gasteiger partial charge in [0.25, 0.3) is 10.0 Å². The van der Waals surface area contributed by atoms with E-state index in [1.54, 1.807) is 30.3 Å². The first kappa shape index (κ1) is 16.3. The average molecular weight is 389 g/mol. The van der Waals surface area contributed by atoms with Crippen LogP contribution in [0.3, 0.4) is 0 Å². The van der Waals surface area contributed by atoms with Gasteiger partial charge in [-0.25, -0.2) is 8.42 Å². The maximum absolute atomic E-state index is 12.3. The normalized spacial score (nSPS) is 11.4. The summed E-state index contributed by atoms with van der Waals surface area (Å²) in [5.41, 5.74) is 1.47. The molecule has 1 N–H and O–H groups in total. The van der Waals surface area contributed by atoms with Crippen LogP contribution in [-0.2, 0) is 16.4 Å². The number of rotatable bonds is 5. The summed E-state index contributed by atoms with van der Waals surface area (Å²) in [4.78, 5) is 0.221. The van der Waals surface area contributed by atoms with Crippen molar-refractivity contribution in [1.82, 2.24) is 0 Å². The highest BCUT2D eigenvalue weighted by Gasteiger charge is 2.15. The van der Waals surface area contributed by atoms with Crippen LogP contribution >= 0.6 is 27.5 Å². The highest BCUT2D eigenvalue weighted by Crippen LogP contribution is 2.28. The number of hydrogen-bond acceptors (Lipinski definition) is 2. The Morgan fingerprint density at radius 1 is 1.14 bits per heavy atom. The molecule has 0 aliphatic carbocycles. The number of anilines is 1. The Bertz CT molecular complexity index is 730. The first-order valence-corrected chi connectivity index (χ1v) is 9.14. The first-order valence-electron chi connectivity index (χ1n) is 6.49. The van der Waals surface area contributed by atoms with Crippen LogP contribution in [0.2, 0.25) is 5.02 Å². The van der Waals surface area contributed by atoms with Crippen molar-refractivity contribution in [1.29, 1.82) is 0 Å². The summed E-state index contributed by atoms with van der Waals surface area (Å²) in [6.07, 6.45) is 1.96. The van der Waals surface area contributed by atoms with Crippen molar-refractivity contribution in [2.75, 3.05) is 4.72 Å². The van der Waals surface area contributed by atoms with Crippen LogP contribution in [0.15, 0.2) is 51.8 Å². The molecule has 2 rings (SSSR count). The van der Waals surface area contributed by atoms with Gasteiger partial charge in [-0.15, -0.1) is 0 Å². The number of aryl methyl sites for hydroxylation is 1. The lowest BCUT2D eigenvalue weighted by Gasteiger charge is -2.10. The predicted octanol–water partition coefficient (Wildman–Crippen LogP) is 4.86. The molecule has 6 heteroatoms. The van der Waals surface area contributed by atoms with E-state index < -0.39 is 10.0 Å². The molecule has 0 saturated heterocycles. The Kier molecular flexibility index (Phi) is 5.30. The van der Waals surface area contributed by atoms with Crippen molar-refractivity contribution in [3.63, 3.8) is 0 Å². The molecule has 21 heavy (non-hydrogen) atoms. The molecule has 0 radical (unpaired) electrons. The minimum atomic E-state index is -3.64. The lowest BCUT2D eigenvalue weighted by Crippen LogP contribution is -2.13. The zero-order chi connectivity index (χ0) is 15.5. The SMILES string of the molecule is CCCc1ccc(S(=O)(=O)Nc2cc(Br)ccc2Cl)cc1. The van der Waals surface area contributed by atoms with Gasteiger partial charge in [0, 0.05) is 4.47 Å². The summed E-state index contributed by atoms with van der Waals surface area (Å²) in [5, 5.41) is 0.351. The third-order valence-corrected chi connectivity index (χ3v) is 5.15. The molecule has 0 aliphatic rings. The molecule has 3 nitrogen and oxygen atoms in total. The molecule has 0 saturated carbocycles. The Hall–Kier alpha value is -1.04. The number of halogens is 2. The zero-order valence-electron chi connectivity index (χ0n) is 11.4. The Balaban J connectivity index is 2.27. The smallest absolute Gasteiger partial charge is 0.261 e. The predicted molar refractivity (Wildman–Crippen MR) is 90.4 cm³/mol. The second-order valence-corrected chi connectivity index (χ2v) is 7.63. The lowest BCUT2D eigenvalue weighted by molar-refractivity contribution is 0.601. The van der Waals surface area contributed by atoms with Gasteiger partial charge in [-0.2, -0.15) is 0 Å². The molecular weight excluding hydrogens is 374 g/mol. The van der Waals surface area contributed by atoms with Crippen LogP contribution in [-0.4, -0.2) is 8.42 Å². The van der Waals surface area contributed by atoms with Crippen LogP contribution in [0.4, 0.5) is 5.69 Å². The van der Waals surface area contributed by atoms with Crippen molar-refractivity contribution >= 4 is 43.2 Å². The van der Waals surface area contributed by atoms with Gasteiger partial charge < -0.3 is 0 Å². The summed E-state index contributed by atoms with van der Waals surface area (Å²) in [7, 11) is -3.64. The number of benzene rings is 2. The second kappa shape index (κ2) is 6.81. The van der Waals surface area contributed by atoms with Gasteiger partial charge in [-0.3, -0.25) is 4.72 Å². The fourth-order valence-electron chi connectivity index (χ4n) is 1.90. The Morgan fingerprint density at radius 3 is 2.43 bits per heavy atom. The van der Waals surface area contributed by atoms with Crippen LogP contribution in [0, 0.1) is 0 Å². The van der Waals surface area contributed by atoms with Gasteiger partial charge in [-0.05, 0) is 42.3 Å². The summed E-state index contributed by atoms with van der Waals surface area (Å²) in [6, 6.07) is 11.9. The van der Waals surface area contributed by atoms with Gasteiger partial charge in [0.2, 0.25) is 0 Å². The maximum Gasteiger partial charge on any atom is 0.261 e. The molecular formula is C15H15BrClNO2S. The van der Waals surface area contributed by atoms with E-state index >= 15 is 0 Å². The summed E-state index contributed by atoms with van der Waals surface area (Å²) >= 11 is 9.30. The molecule has 0 spiro atoms. The molecule has 2 aromatic carbocycles. The third kappa shape index (κ3) is 4.22.